The zero-order valence-electron chi connectivity index (χ0n) is 23.0. The van der Waals surface area contributed by atoms with Crippen LogP contribution in [0, 0.1) is 0 Å². The molecule has 0 amide bonds. The lowest BCUT2D eigenvalue weighted by Crippen LogP contribution is -2.54. The maximum Gasteiger partial charge on any atom is 0.188 e. The average molecular weight is 565 g/mol. The third-order valence-corrected chi connectivity index (χ3v) is 9.74. The van der Waals surface area contributed by atoms with Crippen LogP contribution in [0.25, 0.3) is 10.9 Å². The molecule has 3 N–H and O–H groups in total. The Balaban J connectivity index is 1.00. The Bertz CT molecular complexity index is 1300. The molecular weight excluding hydrogens is 524 g/mol. The molecule has 1 unspecified atom stereocenters. The van der Waals surface area contributed by atoms with E-state index in [1.807, 2.05) is 23.0 Å². The maximum absolute atomic E-state index is 12.2. The summed E-state index contributed by atoms with van der Waals surface area (Å²) in [6.07, 6.45) is 7.88. The summed E-state index contributed by atoms with van der Waals surface area (Å²) >= 11 is 1.51. The second-order valence-corrected chi connectivity index (χ2v) is 12.3. The van der Waals surface area contributed by atoms with E-state index in [2.05, 4.69) is 44.1 Å². The first kappa shape index (κ1) is 27.5. The van der Waals surface area contributed by atoms with Crippen LogP contribution in [-0.4, -0.2) is 102 Å². The number of aliphatic hydroxyl groups is 2. The van der Waals surface area contributed by atoms with Gasteiger partial charge in [-0.1, -0.05) is 0 Å². The van der Waals surface area contributed by atoms with Gasteiger partial charge in [0.25, 0.3) is 0 Å². The number of hydrogen-bond acceptors (Lipinski definition) is 8. The fraction of sp³-hybridized carbons (Fsp3) is 0.516. The van der Waals surface area contributed by atoms with E-state index in [9.17, 15) is 15.0 Å². The monoisotopic (exact) mass is 564 g/mol. The van der Waals surface area contributed by atoms with Gasteiger partial charge in [0.1, 0.15) is 0 Å². The van der Waals surface area contributed by atoms with Crippen molar-refractivity contribution in [3.05, 3.63) is 64.6 Å². The predicted octanol–water partition coefficient (Wildman–Crippen LogP) is 3.83. The van der Waals surface area contributed by atoms with Crippen LogP contribution in [0.5, 0.6) is 0 Å². The molecule has 0 aliphatic carbocycles. The van der Waals surface area contributed by atoms with Crippen LogP contribution >= 0.6 is 11.3 Å². The molecule has 0 bridgehead atoms. The fourth-order valence-corrected chi connectivity index (χ4v) is 7.04. The molecule has 3 fully saturated rings. The fourth-order valence-electron chi connectivity index (χ4n) is 6.39. The van der Waals surface area contributed by atoms with Gasteiger partial charge in [-0.3, -0.25) is 4.79 Å². The average Bonchev–Trinajstić information content (AvgIpc) is 3.68. The van der Waals surface area contributed by atoms with Crippen molar-refractivity contribution < 1.29 is 19.7 Å². The number of anilines is 1. The number of morpholine rings is 1. The number of β-amino-alcohol motifs (C(OH)–C–C–N with tert-alkyl or cyclic N) is 1. The minimum Gasteiger partial charge on any atom is -0.389 e. The molecule has 3 aliphatic heterocycles. The van der Waals surface area contributed by atoms with E-state index >= 15 is 0 Å². The number of allylic oxidation sites excluding steroid dienone is 1. The van der Waals surface area contributed by atoms with Crippen molar-refractivity contribution in [1.82, 2.24) is 14.8 Å². The summed E-state index contributed by atoms with van der Waals surface area (Å²) in [5.74, 6) is 0.479. The molecule has 3 aliphatic rings. The van der Waals surface area contributed by atoms with Gasteiger partial charge in [-0.15, -0.1) is 0 Å². The molecule has 9 heteroatoms. The van der Waals surface area contributed by atoms with Crippen LogP contribution in [0.2, 0.25) is 0 Å². The Morgan fingerprint density at radius 1 is 1.12 bits per heavy atom. The number of piperidine rings is 2. The first-order chi connectivity index (χ1) is 19.5. The number of thiophene rings is 1. The normalized spacial score (nSPS) is 21.9. The Kier molecular flexibility index (Phi) is 8.27. The van der Waals surface area contributed by atoms with Gasteiger partial charge < -0.3 is 34.6 Å². The van der Waals surface area contributed by atoms with Crippen molar-refractivity contribution >= 4 is 33.7 Å². The van der Waals surface area contributed by atoms with E-state index < -0.39 is 11.7 Å². The van der Waals surface area contributed by atoms with Crippen LogP contribution in [-0.2, 0) is 4.74 Å². The van der Waals surface area contributed by atoms with Gasteiger partial charge in [-0.25, -0.2) is 0 Å². The summed E-state index contributed by atoms with van der Waals surface area (Å²) in [7, 11) is 0. The van der Waals surface area contributed by atoms with Gasteiger partial charge in [0.05, 0.1) is 24.9 Å². The first-order valence-electron chi connectivity index (χ1n) is 14.5. The number of aromatic amines is 1. The van der Waals surface area contributed by atoms with Crippen molar-refractivity contribution in [2.75, 3.05) is 63.9 Å². The number of likely N-dealkylation sites (tertiary alicyclic amines) is 2. The predicted molar refractivity (Wildman–Crippen MR) is 159 cm³/mol. The summed E-state index contributed by atoms with van der Waals surface area (Å²) in [5.41, 5.74) is 3.45. The number of carbonyl (C=O) groups is 1. The second kappa shape index (κ2) is 12.0. The molecule has 5 heterocycles. The van der Waals surface area contributed by atoms with E-state index in [0.29, 0.717) is 44.0 Å². The molecule has 40 heavy (non-hydrogen) atoms. The summed E-state index contributed by atoms with van der Waals surface area (Å²) in [5, 5.41) is 27.4. The number of fused-ring (bicyclic) bond motifs is 1. The lowest BCUT2D eigenvalue weighted by Gasteiger charge is -2.43. The summed E-state index contributed by atoms with van der Waals surface area (Å²) in [6, 6.07) is 8.55. The molecular formula is C31H40N4O4S. The molecule has 0 spiro atoms. The third kappa shape index (κ3) is 5.99. The molecule has 1 atom stereocenters. The Morgan fingerprint density at radius 3 is 2.62 bits per heavy atom. The van der Waals surface area contributed by atoms with E-state index in [4.69, 9.17) is 4.74 Å². The number of nitrogens with one attached hydrogen (secondary N) is 1. The molecule has 8 nitrogen and oxygen atoms in total. The van der Waals surface area contributed by atoms with Crippen LogP contribution in [0.15, 0.2) is 53.5 Å². The Morgan fingerprint density at radius 2 is 1.90 bits per heavy atom. The number of ketones is 1. The maximum atomic E-state index is 12.2. The standard InChI is InChI=1S/C31H40N4O4S/c36-29(24-6-18-40-22-24)5-11-33-12-7-31(38,8-13-33)30(37)21-34-9-3-23(4-10-34)27-20-32-28-2-1-25(19-26(27)28)35-14-16-39-17-15-35/h1-2,5-6,11,18-20,22-23,30,32,37-38H,3-4,7-10,12-17,21H2. The topological polar surface area (TPSA) is 92.3 Å². The van der Waals surface area contributed by atoms with Crippen molar-refractivity contribution in [2.45, 2.75) is 43.3 Å². The highest BCUT2D eigenvalue weighted by molar-refractivity contribution is 7.08. The van der Waals surface area contributed by atoms with E-state index in [1.165, 1.54) is 33.5 Å². The van der Waals surface area contributed by atoms with Crippen molar-refractivity contribution in [3.8, 4) is 0 Å². The van der Waals surface area contributed by atoms with Crippen molar-refractivity contribution in [2.24, 2.45) is 0 Å². The molecule has 2 aromatic heterocycles. The van der Waals surface area contributed by atoms with Gasteiger partial charge in [0.2, 0.25) is 0 Å². The largest absolute Gasteiger partial charge is 0.389 e. The lowest BCUT2D eigenvalue weighted by molar-refractivity contribution is -0.114. The molecule has 6 rings (SSSR count). The van der Waals surface area contributed by atoms with Crippen molar-refractivity contribution in [3.63, 3.8) is 0 Å². The van der Waals surface area contributed by atoms with Crippen LogP contribution in [0.3, 0.4) is 0 Å². The van der Waals surface area contributed by atoms with Crippen molar-refractivity contribution in [1.29, 1.82) is 0 Å². The van der Waals surface area contributed by atoms with Gasteiger partial charge in [-0.05, 0) is 79.9 Å². The van der Waals surface area contributed by atoms with Crippen LogP contribution in [0.4, 0.5) is 5.69 Å². The zero-order valence-corrected chi connectivity index (χ0v) is 23.8. The highest BCUT2D eigenvalue weighted by Crippen LogP contribution is 2.36. The molecule has 1 aromatic carbocycles. The molecule has 3 aromatic rings. The summed E-state index contributed by atoms with van der Waals surface area (Å²) < 4.78 is 5.53. The SMILES string of the molecule is O=C(C=CN1CCC(O)(C(O)CN2CCC(c3c[nH]c4ccc(N5CCOCC5)cc34)CC2)CC1)c1ccsc1. The van der Waals surface area contributed by atoms with Crippen LogP contribution in [0.1, 0.15) is 47.5 Å². The number of benzene rings is 1. The number of rotatable bonds is 8. The number of nitrogens with zero attached hydrogens (tertiary/aromatic N) is 3. The molecule has 3 saturated heterocycles. The van der Waals surface area contributed by atoms with Gasteiger partial charge in [0.15, 0.2) is 5.78 Å². The molecule has 0 saturated carbocycles. The Hall–Kier alpha value is -2.69. The van der Waals surface area contributed by atoms with Gasteiger partial charge >= 0.3 is 0 Å². The first-order valence-corrected chi connectivity index (χ1v) is 15.5. The number of aliphatic hydroxyl groups excluding tert-OH is 1. The van der Waals surface area contributed by atoms with Crippen LogP contribution < -0.4 is 4.90 Å². The van der Waals surface area contributed by atoms with Gasteiger partial charge in [-0.2, -0.15) is 11.3 Å². The quantitative estimate of drug-likeness (QED) is 0.283. The third-order valence-electron chi connectivity index (χ3n) is 9.06. The number of hydrogen-bond donors (Lipinski definition) is 3. The number of carbonyl (C=O) groups excluding carboxylic acids is 1. The lowest BCUT2D eigenvalue weighted by atomic mass is 9.84. The minimum absolute atomic E-state index is 0.00398. The highest BCUT2D eigenvalue weighted by Gasteiger charge is 2.39. The van der Waals surface area contributed by atoms with E-state index in [-0.39, 0.29) is 5.78 Å². The molecule has 0 radical (unpaired) electrons. The second-order valence-electron chi connectivity index (χ2n) is 11.5. The zero-order chi connectivity index (χ0) is 27.5. The minimum atomic E-state index is -1.09. The van der Waals surface area contributed by atoms with E-state index in [1.54, 1.807) is 6.08 Å². The Labute approximate surface area is 239 Å². The number of aromatic nitrogens is 1. The number of ether oxygens (including phenoxy) is 1. The summed E-state index contributed by atoms with van der Waals surface area (Å²) in [4.78, 5) is 22.5. The summed E-state index contributed by atoms with van der Waals surface area (Å²) in [6.45, 7) is 6.98. The molecule has 214 valence electrons. The van der Waals surface area contributed by atoms with Gasteiger partial charge in [0, 0.05) is 78.7 Å². The smallest absolute Gasteiger partial charge is 0.188 e. The van der Waals surface area contributed by atoms with E-state index in [0.717, 1.165) is 52.2 Å². The highest BCUT2D eigenvalue weighted by atomic mass is 32.1. The number of H-pyrrole nitrogens is 1.